The number of halogens is 3. The van der Waals surface area contributed by atoms with Gasteiger partial charge < -0.3 is 14.8 Å². The van der Waals surface area contributed by atoms with Gasteiger partial charge in [0.15, 0.2) is 0 Å². The maximum Gasteiger partial charge on any atom is 0.268 e. The summed E-state index contributed by atoms with van der Waals surface area (Å²) in [5, 5.41) is 12.8. The van der Waals surface area contributed by atoms with Crippen LogP contribution in [0.1, 0.15) is 27.2 Å². The van der Waals surface area contributed by atoms with Crippen molar-refractivity contribution in [3.8, 4) is 6.07 Å². The minimum Gasteiger partial charge on any atom is -0.350 e. The third kappa shape index (κ3) is 4.56. The number of amides is 1. The number of aromatic amines is 1. The summed E-state index contributed by atoms with van der Waals surface area (Å²) in [6, 6.07) is 11.4. The van der Waals surface area contributed by atoms with Crippen molar-refractivity contribution in [3.05, 3.63) is 87.8 Å². The molecule has 178 valence electrons. The van der Waals surface area contributed by atoms with Crippen LogP contribution in [0.5, 0.6) is 0 Å². The number of rotatable bonds is 6. The smallest absolute Gasteiger partial charge is 0.268 e. The quantitative estimate of drug-likeness (QED) is 0.369. The Morgan fingerprint density at radius 3 is 2.60 bits per heavy atom. The number of pyridine rings is 1. The van der Waals surface area contributed by atoms with E-state index in [9.17, 15) is 23.4 Å². The molecular weight excluding hydrogens is 497 g/mol. The summed E-state index contributed by atoms with van der Waals surface area (Å²) in [6.07, 6.45) is 1.68. The number of hydrogen-bond donors (Lipinski definition) is 2. The molecule has 0 bridgehead atoms. The molecular formula is C24H18ClF2N4O3P. The molecule has 7 nitrogen and oxygen atoms in total. The molecule has 0 spiro atoms. The summed E-state index contributed by atoms with van der Waals surface area (Å²) in [5.41, 5.74) is 0.888. The summed E-state index contributed by atoms with van der Waals surface area (Å²) in [6.45, 7) is 1.26. The number of hydrogen-bond acceptors (Lipinski definition) is 5. The first kappa shape index (κ1) is 24.6. The van der Waals surface area contributed by atoms with Crippen LogP contribution in [0, 0.1) is 29.9 Å². The molecule has 2 aromatic heterocycles. The van der Waals surface area contributed by atoms with Crippen molar-refractivity contribution < 1.29 is 22.7 Å². The van der Waals surface area contributed by atoms with Crippen molar-refractivity contribution in [1.29, 1.82) is 5.26 Å². The van der Waals surface area contributed by atoms with E-state index in [4.69, 9.17) is 16.1 Å². The van der Waals surface area contributed by atoms with Crippen molar-refractivity contribution in [2.75, 3.05) is 7.11 Å². The zero-order valence-corrected chi connectivity index (χ0v) is 20.2. The van der Waals surface area contributed by atoms with E-state index in [0.717, 1.165) is 12.4 Å². The number of H-pyrrole nitrogens is 1. The summed E-state index contributed by atoms with van der Waals surface area (Å²) >= 11 is 6.19. The molecule has 1 amide bonds. The van der Waals surface area contributed by atoms with Crippen LogP contribution in [-0.2, 0) is 15.6 Å². The molecule has 0 saturated heterocycles. The van der Waals surface area contributed by atoms with Gasteiger partial charge in [0.05, 0.1) is 29.3 Å². The van der Waals surface area contributed by atoms with Gasteiger partial charge >= 0.3 is 0 Å². The van der Waals surface area contributed by atoms with Gasteiger partial charge in [-0.1, -0.05) is 11.6 Å². The molecule has 35 heavy (non-hydrogen) atoms. The molecule has 4 rings (SSSR count). The average molecular weight is 515 g/mol. The van der Waals surface area contributed by atoms with Crippen LogP contribution in [-0.4, -0.2) is 23.0 Å². The van der Waals surface area contributed by atoms with E-state index >= 15 is 0 Å². The second-order valence-electron chi connectivity index (χ2n) is 7.71. The van der Waals surface area contributed by atoms with E-state index in [1.54, 1.807) is 31.2 Å². The van der Waals surface area contributed by atoms with Gasteiger partial charge in [0.2, 0.25) is 0 Å². The molecule has 1 atom stereocenters. The number of aromatic nitrogens is 2. The number of carbonyl (C=O) groups is 1. The Kier molecular flexibility index (Phi) is 6.73. The molecule has 0 saturated carbocycles. The highest BCUT2D eigenvalue weighted by Crippen LogP contribution is 2.47. The molecule has 4 aromatic rings. The molecule has 0 radical (unpaired) electrons. The van der Waals surface area contributed by atoms with Gasteiger partial charge in [0, 0.05) is 40.4 Å². The van der Waals surface area contributed by atoms with Crippen LogP contribution in [0.25, 0.3) is 10.9 Å². The van der Waals surface area contributed by atoms with E-state index in [-0.39, 0.29) is 27.4 Å². The lowest BCUT2D eigenvalue weighted by molar-refractivity contribution is 0.0947. The van der Waals surface area contributed by atoms with Crippen molar-refractivity contribution in [2.45, 2.75) is 13.5 Å². The number of nitriles is 1. The van der Waals surface area contributed by atoms with E-state index in [1.807, 2.05) is 6.07 Å². The minimum absolute atomic E-state index is 0.0279. The lowest BCUT2D eigenvalue weighted by Gasteiger charge is -2.19. The first-order valence-corrected chi connectivity index (χ1v) is 12.2. The van der Waals surface area contributed by atoms with Crippen molar-refractivity contribution >= 4 is 46.4 Å². The Hall–Kier alpha value is -3.57. The molecule has 1 unspecified atom stereocenters. The van der Waals surface area contributed by atoms with Gasteiger partial charge in [-0.15, -0.1) is 0 Å². The van der Waals surface area contributed by atoms with Crippen LogP contribution in [0.4, 0.5) is 8.78 Å². The number of nitrogens with zero attached hydrogens (tertiary/aromatic N) is 2. The first-order valence-electron chi connectivity index (χ1n) is 10.2. The van der Waals surface area contributed by atoms with Gasteiger partial charge in [-0.25, -0.2) is 8.78 Å². The zero-order valence-electron chi connectivity index (χ0n) is 18.5. The van der Waals surface area contributed by atoms with Crippen LogP contribution >= 0.6 is 19.0 Å². The van der Waals surface area contributed by atoms with Crippen LogP contribution in [0.3, 0.4) is 0 Å². The van der Waals surface area contributed by atoms with Crippen LogP contribution in [0.15, 0.2) is 48.8 Å². The Bertz CT molecular complexity index is 1540. The lowest BCUT2D eigenvalue weighted by atomic mass is 10.2. The fourth-order valence-corrected chi connectivity index (χ4v) is 6.27. The SMILES string of the molecule is COP(=O)(c1cc(C)cc(C#N)c1)c1c(C(=O)NCc2c(F)cncc2F)[nH]c2ccc(Cl)cc12. The topological polar surface area (TPSA) is 108 Å². The van der Waals surface area contributed by atoms with Crippen molar-refractivity contribution in [1.82, 2.24) is 15.3 Å². The fourth-order valence-electron chi connectivity index (χ4n) is 3.81. The molecule has 0 aliphatic rings. The molecule has 0 fully saturated rings. The Balaban J connectivity index is 1.88. The molecule has 2 heterocycles. The number of aryl methyl sites for hydroxylation is 1. The van der Waals surface area contributed by atoms with Gasteiger partial charge in [0.1, 0.15) is 17.3 Å². The summed E-state index contributed by atoms with van der Waals surface area (Å²) < 4.78 is 47.9. The highest BCUT2D eigenvalue weighted by atomic mass is 35.5. The predicted molar refractivity (Wildman–Crippen MR) is 128 cm³/mol. The Labute approximate surface area is 204 Å². The highest BCUT2D eigenvalue weighted by Gasteiger charge is 2.36. The van der Waals surface area contributed by atoms with Crippen molar-refractivity contribution in [3.63, 3.8) is 0 Å². The normalized spacial score (nSPS) is 12.8. The number of fused-ring (bicyclic) bond motifs is 1. The lowest BCUT2D eigenvalue weighted by Crippen LogP contribution is -2.30. The fraction of sp³-hybridized carbons (Fsp3) is 0.125. The number of benzene rings is 2. The Morgan fingerprint density at radius 1 is 1.23 bits per heavy atom. The van der Waals surface area contributed by atoms with E-state index < -0.39 is 31.5 Å². The Morgan fingerprint density at radius 2 is 1.94 bits per heavy atom. The summed E-state index contributed by atoms with van der Waals surface area (Å²) in [5.74, 6) is -2.60. The maximum atomic E-state index is 14.4. The summed E-state index contributed by atoms with van der Waals surface area (Å²) in [4.78, 5) is 19.6. The molecule has 2 N–H and O–H groups in total. The van der Waals surface area contributed by atoms with Gasteiger partial charge in [-0.05, 0) is 48.9 Å². The molecule has 0 aliphatic carbocycles. The second-order valence-corrected chi connectivity index (χ2v) is 10.6. The molecule has 0 aliphatic heterocycles. The van der Waals surface area contributed by atoms with Crippen LogP contribution in [0.2, 0.25) is 5.02 Å². The van der Waals surface area contributed by atoms with E-state index in [0.29, 0.717) is 21.5 Å². The first-order chi connectivity index (χ1) is 16.7. The standard InChI is InChI=1S/C24H18ClF2N4O3P/c1-13-5-14(9-28)7-16(6-13)35(33,34-2)23-17-8-15(25)3-4-21(17)31-22(23)24(32)30-10-18-19(26)11-29-12-20(18)27/h3-8,11-12,31H,10H2,1-2H3,(H,30,32). The average Bonchev–Trinajstić information content (AvgIpc) is 3.22. The number of carbonyl (C=O) groups excluding carboxylic acids is 1. The van der Waals surface area contributed by atoms with Crippen molar-refractivity contribution in [2.24, 2.45) is 0 Å². The zero-order chi connectivity index (χ0) is 25.3. The monoisotopic (exact) mass is 514 g/mol. The van der Waals surface area contributed by atoms with E-state index in [1.165, 1.54) is 19.2 Å². The second kappa shape index (κ2) is 9.59. The largest absolute Gasteiger partial charge is 0.350 e. The third-order valence-electron chi connectivity index (χ3n) is 5.42. The molecule has 11 heteroatoms. The van der Waals surface area contributed by atoms with E-state index in [2.05, 4.69) is 15.3 Å². The highest BCUT2D eigenvalue weighted by molar-refractivity contribution is 7.75. The number of nitrogens with one attached hydrogen (secondary N) is 2. The maximum absolute atomic E-state index is 14.4. The predicted octanol–water partition coefficient (Wildman–Crippen LogP) is 4.48. The summed E-state index contributed by atoms with van der Waals surface area (Å²) in [7, 11) is -2.72. The van der Waals surface area contributed by atoms with Gasteiger partial charge in [-0.2, -0.15) is 5.26 Å². The molecule has 2 aromatic carbocycles. The van der Waals surface area contributed by atoms with Crippen LogP contribution < -0.4 is 15.9 Å². The minimum atomic E-state index is -3.96. The van der Waals surface area contributed by atoms with Gasteiger partial charge in [0.25, 0.3) is 13.3 Å². The van der Waals surface area contributed by atoms with Gasteiger partial charge in [-0.3, -0.25) is 14.3 Å². The third-order valence-corrected chi connectivity index (χ3v) is 8.16.